The second-order valence-corrected chi connectivity index (χ2v) is 3.90. The zero-order chi connectivity index (χ0) is 13.4. The van der Waals surface area contributed by atoms with Gasteiger partial charge < -0.3 is 10.1 Å². The lowest BCUT2D eigenvalue weighted by Crippen LogP contribution is -2.19. The maximum Gasteiger partial charge on any atom is 0.305 e. The first kappa shape index (κ1) is 14.0. The van der Waals surface area contributed by atoms with Crippen LogP contribution in [0.2, 0.25) is 0 Å². The van der Waals surface area contributed by atoms with Gasteiger partial charge in [-0.3, -0.25) is 4.79 Å². The van der Waals surface area contributed by atoms with E-state index >= 15 is 0 Å². The van der Waals surface area contributed by atoms with Gasteiger partial charge in [0.05, 0.1) is 12.2 Å². The van der Waals surface area contributed by atoms with Crippen molar-refractivity contribution in [2.24, 2.45) is 0 Å². The van der Waals surface area contributed by atoms with E-state index in [0.29, 0.717) is 30.8 Å². The van der Waals surface area contributed by atoms with Crippen molar-refractivity contribution in [2.45, 2.75) is 32.7 Å². The summed E-state index contributed by atoms with van der Waals surface area (Å²) in [6.07, 6.45) is 2.62. The monoisotopic (exact) mass is 247 g/mol. The summed E-state index contributed by atoms with van der Waals surface area (Å²) in [6.45, 7) is 4.13. The highest BCUT2D eigenvalue weighted by atomic mass is 16.5. The first-order chi connectivity index (χ1) is 8.67. The number of hydrogen-bond donors (Lipinski definition) is 1. The Balaban J connectivity index is 2.47. The van der Waals surface area contributed by atoms with Crippen molar-refractivity contribution in [2.75, 3.05) is 11.9 Å². The molecule has 5 heteroatoms. The van der Waals surface area contributed by atoms with Crippen LogP contribution in [0, 0.1) is 11.3 Å². The largest absolute Gasteiger partial charge is 0.466 e. The van der Waals surface area contributed by atoms with Gasteiger partial charge in [0.15, 0.2) is 0 Å². The maximum absolute atomic E-state index is 11.2. The van der Waals surface area contributed by atoms with Gasteiger partial charge in [0.1, 0.15) is 11.9 Å². The predicted octanol–water partition coefficient (Wildman–Crippen LogP) is 2.10. The molecule has 0 saturated carbocycles. The van der Waals surface area contributed by atoms with Crippen LogP contribution in [0.1, 0.15) is 32.3 Å². The number of anilines is 1. The van der Waals surface area contributed by atoms with Gasteiger partial charge in [-0.05, 0) is 32.4 Å². The molecule has 1 heterocycles. The van der Waals surface area contributed by atoms with Crippen LogP contribution in [0.15, 0.2) is 18.3 Å². The summed E-state index contributed by atoms with van der Waals surface area (Å²) < 4.78 is 4.85. The summed E-state index contributed by atoms with van der Waals surface area (Å²) in [7, 11) is 0. The minimum absolute atomic E-state index is 0.0522. The number of rotatable bonds is 6. The second kappa shape index (κ2) is 7.28. The summed E-state index contributed by atoms with van der Waals surface area (Å²) in [5.74, 6) is 0.351. The Kier molecular flexibility index (Phi) is 5.65. The number of ether oxygens (including phenoxy) is 1. The summed E-state index contributed by atoms with van der Waals surface area (Å²) in [5.41, 5.74) is 0.500. The van der Waals surface area contributed by atoms with Crippen LogP contribution >= 0.6 is 0 Å². The van der Waals surface area contributed by atoms with Gasteiger partial charge in [-0.25, -0.2) is 4.98 Å². The highest BCUT2D eigenvalue weighted by Gasteiger charge is 2.09. The molecule has 1 rings (SSSR count). The number of nitrogens with zero attached hydrogens (tertiary/aromatic N) is 2. The minimum Gasteiger partial charge on any atom is -0.466 e. The molecule has 0 aliphatic heterocycles. The molecule has 5 nitrogen and oxygen atoms in total. The number of carbonyl (C=O) groups excluding carboxylic acids is 1. The van der Waals surface area contributed by atoms with E-state index in [-0.39, 0.29) is 12.0 Å². The van der Waals surface area contributed by atoms with Crippen molar-refractivity contribution >= 4 is 11.8 Å². The number of pyridine rings is 1. The fraction of sp³-hybridized carbons (Fsp3) is 0.462. The molecule has 0 saturated heterocycles. The fourth-order valence-corrected chi connectivity index (χ4v) is 1.48. The zero-order valence-electron chi connectivity index (χ0n) is 10.6. The molecule has 0 amide bonds. The number of aromatic nitrogens is 1. The molecular weight excluding hydrogens is 230 g/mol. The molecule has 0 spiro atoms. The number of nitrogens with one attached hydrogen (secondary N) is 1. The van der Waals surface area contributed by atoms with Gasteiger partial charge in [-0.2, -0.15) is 5.26 Å². The molecule has 1 atom stereocenters. The topological polar surface area (TPSA) is 75.0 Å². The number of esters is 1. The van der Waals surface area contributed by atoms with Crippen LogP contribution in [0.3, 0.4) is 0 Å². The number of carbonyl (C=O) groups is 1. The van der Waals surface area contributed by atoms with Gasteiger partial charge in [0, 0.05) is 18.7 Å². The van der Waals surface area contributed by atoms with E-state index in [2.05, 4.69) is 16.4 Å². The normalized spacial score (nSPS) is 11.4. The van der Waals surface area contributed by atoms with Crippen molar-refractivity contribution in [3.8, 4) is 6.07 Å². The number of hydrogen-bond acceptors (Lipinski definition) is 5. The van der Waals surface area contributed by atoms with E-state index in [9.17, 15) is 4.79 Å². The minimum atomic E-state index is -0.201. The van der Waals surface area contributed by atoms with E-state index in [4.69, 9.17) is 10.00 Å². The van der Waals surface area contributed by atoms with Gasteiger partial charge in [-0.15, -0.1) is 0 Å². The molecule has 1 N–H and O–H groups in total. The van der Waals surface area contributed by atoms with Crippen LogP contribution in [-0.4, -0.2) is 23.6 Å². The molecule has 0 bridgehead atoms. The van der Waals surface area contributed by atoms with Crippen LogP contribution < -0.4 is 5.32 Å². The summed E-state index contributed by atoms with van der Waals surface area (Å²) in [4.78, 5) is 15.3. The van der Waals surface area contributed by atoms with Crippen molar-refractivity contribution in [3.05, 3.63) is 23.9 Å². The first-order valence-electron chi connectivity index (χ1n) is 5.94. The predicted molar refractivity (Wildman–Crippen MR) is 67.9 cm³/mol. The van der Waals surface area contributed by atoms with Crippen molar-refractivity contribution in [1.29, 1.82) is 5.26 Å². The van der Waals surface area contributed by atoms with E-state index in [1.54, 1.807) is 25.3 Å². The molecule has 0 aliphatic rings. The lowest BCUT2D eigenvalue weighted by molar-refractivity contribution is -0.143. The van der Waals surface area contributed by atoms with E-state index in [0.717, 1.165) is 0 Å². The molecule has 1 unspecified atom stereocenters. The average Bonchev–Trinajstić information content (AvgIpc) is 2.37. The van der Waals surface area contributed by atoms with Gasteiger partial charge in [0.2, 0.25) is 0 Å². The molecule has 18 heavy (non-hydrogen) atoms. The summed E-state index contributed by atoms with van der Waals surface area (Å²) in [6, 6.07) is 5.54. The summed E-state index contributed by atoms with van der Waals surface area (Å²) in [5, 5.41) is 12.0. The summed E-state index contributed by atoms with van der Waals surface area (Å²) >= 11 is 0. The third kappa shape index (κ3) is 4.42. The first-order valence-corrected chi connectivity index (χ1v) is 5.94. The third-order valence-electron chi connectivity index (χ3n) is 2.40. The molecule has 1 aromatic rings. The van der Waals surface area contributed by atoms with Crippen LogP contribution in [0.5, 0.6) is 0 Å². The van der Waals surface area contributed by atoms with Gasteiger partial charge in [0.25, 0.3) is 0 Å². The second-order valence-electron chi connectivity index (χ2n) is 3.90. The lowest BCUT2D eigenvalue weighted by Gasteiger charge is -2.14. The fourth-order valence-electron chi connectivity index (χ4n) is 1.48. The third-order valence-corrected chi connectivity index (χ3v) is 2.40. The quantitative estimate of drug-likeness (QED) is 0.779. The van der Waals surface area contributed by atoms with E-state index in [1.165, 1.54) is 0 Å². The van der Waals surface area contributed by atoms with Gasteiger partial charge >= 0.3 is 5.97 Å². The lowest BCUT2D eigenvalue weighted by atomic mass is 10.1. The number of nitriles is 1. The Hall–Kier alpha value is -2.09. The van der Waals surface area contributed by atoms with Crippen molar-refractivity contribution < 1.29 is 9.53 Å². The standard InChI is InChI=1S/C13H17N3O2/c1-3-18-12(17)7-6-10(2)16-13-11(9-14)5-4-8-15-13/h4-5,8,10H,3,6-7H2,1-2H3,(H,15,16). The molecular formula is C13H17N3O2. The average molecular weight is 247 g/mol. The van der Waals surface area contributed by atoms with E-state index < -0.39 is 0 Å². The molecule has 0 fully saturated rings. The van der Waals surface area contributed by atoms with Crippen LogP contribution in [0.25, 0.3) is 0 Å². The van der Waals surface area contributed by atoms with Crippen molar-refractivity contribution in [3.63, 3.8) is 0 Å². The maximum atomic E-state index is 11.2. The molecule has 1 aromatic heterocycles. The molecule has 0 radical (unpaired) electrons. The smallest absolute Gasteiger partial charge is 0.305 e. The Labute approximate surface area is 107 Å². The Bertz CT molecular complexity index is 440. The molecule has 0 aromatic carbocycles. The zero-order valence-corrected chi connectivity index (χ0v) is 10.6. The SMILES string of the molecule is CCOC(=O)CCC(C)Nc1ncccc1C#N. The van der Waals surface area contributed by atoms with Gasteiger partial charge in [-0.1, -0.05) is 0 Å². The Morgan fingerprint density at radius 2 is 2.44 bits per heavy atom. The highest BCUT2D eigenvalue weighted by Crippen LogP contribution is 2.12. The Morgan fingerprint density at radius 3 is 3.11 bits per heavy atom. The van der Waals surface area contributed by atoms with Crippen LogP contribution in [0.4, 0.5) is 5.82 Å². The van der Waals surface area contributed by atoms with Crippen LogP contribution in [-0.2, 0) is 9.53 Å². The molecule has 0 aliphatic carbocycles. The highest BCUT2D eigenvalue weighted by molar-refractivity contribution is 5.69. The molecule has 96 valence electrons. The van der Waals surface area contributed by atoms with E-state index in [1.807, 2.05) is 6.92 Å². The van der Waals surface area contributed by atoms with Crippen molar-refractivity contribution in [1.82, 2.24) is 4.98 Å². The Morgan fingerprint density at radius 1 is 1.67 bits per heavy atom.